The molecular weight excluding hydrogens is 226 g/mol. The number of carbonyl (C=O) groups excluding carboxylic acids is 1. The molecule has 1 aliphatic carbocycles. The highest BCUT2D eigenvalue weighted by atomic mass is 32.2. The molecule has 0 unspecified atom stereocenters. The van der Waals surface area contributed by atoms with Gasteiger partial charge in [0, 0.05) is 0 Å². The number of aliphatic carboxylic acids is 1. The number of rotatable bonds is 4. The van der Waals surface area contributed by atoms with Gasteiger partial charge in [0.1, 0.15) is 0 Å². The van der Waals surface area contributed by atoms with Gasteiger partial charge in [-0.2, -0.15) is 0 Å². The molecule has 1 saturated carbocycles. The average molecular weight is 235 g/mol. The first kappa shape index (κ1) is 11.5. The summed E-state index contributed by atoms with van der Waals surface area (Å²) in [4.78, 5) is 21.0. The molecule has 1 aliphatic rings. The summed E-state index contributed by atoms with van der Waals surface area (Å²) >= 11 is 0. The zero-order valence-electron chi connectivity index (χ0n) is 7.50. The highest BCUT2D eigenvalue weighted by Gasteiger charge is 2.37. The van der Waals surface area contributed by atoms with E-state index in [1.807, 2.05) is 0 Å². The maximum atomic E-state index is 11.2. The molecule has 8 heteroatoms. The molecule has 0 bridgehead atoms. The molecule has 0 aliphatic heterocycles. The third kappa shape index (κ3) is 3.24. The van der Waals surface area contributed by atoms with Crippen molar-refractivity contribution in [1.82, 2.24) is 4.72 Å². The van der Waals surface area contributed by atoms with Gasteiger partial charge in [0.15, 0.2) is 5.76 Å². The lowest BCUT2D eigenvalue weighted by Crippen LogP contribution is -2.34. The van der Waals surface area contributed by atoms with Gasteiger partial charge in [0.05, 0.1) is 11.3 Å². The van der Waals surface area contributed by atoms with Crippen LogP contribution < -0.4 is 4.72 Å². The largest absolute Gasteiger partial charge is 0.503 e. The number of hydrogen-bond donors (Lipinski definition) is 3. The van der Waals surface area contributed by atoms with E-state index in [-0.39, 0.29) is 6.08 Å². The summed E-state index contributed by atoms with van der Waals surface area (Å²) in [6.45, 7) is 0. The molecule has 84 valence electrons. The van der Waals surface area contributed by atoms with Crippen molar-refractivity contribution in [2.75, 3.05) is 0 Å². The van der Waals surface area contributed by atoms with Crippen LogP contribution in [0, 0.1) is 0 Å². The summed E-state index contributed by atoms with van der Waals surface area (Å²) in [5.74, 6) is -4.01. The van der Waals surface area contributed by atoms with Crippen molar-refractivity contribution in [1.29, 1.82) is 0 Å². The monoisotopic (exact) mass is 235 g/mol. The molecule has 3 N–H and O–H groups in total. The number of nitrogens with one attached hydrogen (secondary N) is 1. The molecule has 0 saturated heterocycles. The molecule has 7 nitrogen and oxygen atoms in total. The van der Waals surface area contributed by atoms with E-state index in [4.69, 9.17) is 10.2 Å². The van der Waals surface area contributed by atoms with Crippen LogP contribution in [0.25, 0.3) is 0 Å². The molecule has 0 spiro atoms. The zero-order chi connectivity index (χ0) is 11.6. The first-order valence-corrected chi connectivity index (χ1v) is 5.57. The maximum Gasteiger partial charge on any atom is 0.332 e. The second-order valence-electron chi connectivity index (χ2n) is 3.04. The van der Waals surface area contributed by atoms with Crippen LogP contribution in [0.4, 0.5) is 0 Å². The Balaban J connectivity index is 2.67. The van der Waals surface area contributed by atoms with E-state index >= 15 is 0 Å². The van der Waals surface area contributed by atoms with Crippen LogP contribution in [0.2, 0.25) is 0 Å². The molecule has 0 aromatic rings. The number of aliphatic hydroxyl groups excluding tert-OH is 1. The lowest BCUT2D eigenvalue weighted by Gasteiger charge is -2.03. The van der Waals surface area contributed by atoms with Gasteiger partial charge in [-0.3, -0.25) is 4.79 Å². The van der Waals surface area contributed by atoms with E-state index in [9.17, 15) is 18.0 Å². The van der Waals surface area contributed by atoms with E-state index in [2.05, 4.69) is 0 Å². The maximum absolute atomic E-state index is 11.2. The SMILES string of the molecule is O=C(O)C=C(O)C(=O)NS(=O)(=O)C1CC1. The summed E-state index contributed by atoms with van der Waals surface area (Å²) in [5.41, 5.74) is 0. The molecule has 1 amide bonds. The standard InChI is InChI=1S/C7H9NO6S/c9-5(3-6(10)11)7(12)8-15(13,14)4-1-2-4/h3-4,9H,1-2H2,(H,8,12)(H,10,11). The average Bonchev–Trinajstić information content (AvgIpc) is 2.83. The van der Waals surface area contributed by atoms with E-state index in [1.165, 1.54) is 0 Å². The van der Waals surface area contributed by atoms with Crippen LogP contribution in [0.5, 0.6) is 0 Å². The summed E-state index contributed by atoms with van der Waals surface area (Å²) in [6.07, 6.45) is 1.15. The minimum Gasteiger partial charge on any atom is -0.503 e. The van der Waals surface area contributed by atoms with Gasteiger partial charge in [-0.05, 0) is 12.8 Å². The number of sulfonamides is 1. The second-order valence-corrected chi connectivity index (χ2v) is 5.00. The third-order valence-corrected chi connectivity index (χ3v) is 3.51. The van der Waals surface area contributed by atoms with Crippen molar-refractivity contribution in [3.05, 3.63) is 11.8 Å². The van der Waals surface area contributed by atoms with Crippen LogP contribution in [-0.2, 0) is 19.6 Å². The Bertz CT molecular complexity index is 419. The smallest absolute Gasteiger partial charge is 0.332 e. The minimum absolute atomic E-state index is 0.220. The highest BCUT2D eigenvalue weighted by molar-refractivity contribution is 7.91. The van der Waals surface area contributed by atoms with Gasteiger partial charge in [-0.15, -0.1) is 0 Å². The van der Waals surface area contributed by atoms with E-state index in [1.54, 1.807) is 4.72 Å². The van der Waals surface area contributed by atoms with Crippen LogP contribution in [0.15, 0.2) is 11.8 Å². The fourth-order valence-electron chi connectivity index (χ4n) is 0.826. The Morgan fingerprint density at radius 3 is 2.20 bits per heavy atom. The van der Waals surface area contributed by atoms with Gasteiger partial charge < -0.3 is 10.2 Å². The molecular formula is C7H9NO6S. The van der Waals surface area contributed by atoms with Crippen LogP contribution in [-0.4, -0.2) is 35.8 Å². The first-order chi connectivity index (χ1) is 6.83. The quantitative estimate of drug-likeness (QED) is 0.430. The molecule has 0 heterocycles. The van der Waals surface area contributed by atoms with Crippen molar-refractivity contribution in [2.45, 2.75) is 18.1 Å². The predicted molar refractivity (Wildman–Crippen MR) is 48.4 cm³/mol. The molecule has 0 aromatic heterocycles. The first-order valence-electron chi connectivity index (χ1n) is 4.02. The fraction of sp³-hybridized carbons (Fsp3) is 0.429. The van der Waals surface area contributed by atoms with Crippen LogP contribution in [0.1, 0.15) is 12.8 Å². The van der Waals surface area contributed by atoms with Crippen LogP contribution >= 0.6 is 0 Å². The van der Waals surface area contributed by atoms with Gasteiger partial charge >= 0.3 is 5.97 Å². The lowest BCUT2D eigenvalue weighted by molar-refractivity contribution is -0.132. The number of aliphatic hydroxyl groups is 1. The van der Waals surface area contributed by atoms with Gasteiger partial charge in [0.25, 0.3) is 5.91 Å². The minimum atomic E-state index is -3.76. The number of carboxylic acid groups (broad SMARTS) is 1. The Hall–Kier alpha value is -1.57. The molecule has 1 fully saturated rings. The lowest BCUT2D eigenvalue weighted by atomic mass is 10.4. The Morgan fingerprint density at radius 2 is 1.80 bits per heavy atom. The summed E-state index contributed by atoms with van der Waals surface area (Å²) < 4.78 is 23.9. The number of carboxylic acids is 1. The van der Waals surface area contributed by atoms with E-state index < -0.39 is 32.9 Å². The van der Waals surface area contributed by atoms with Crippen molar-refractivity contribution in [2.24, 2.45) is 0 Å². The Labute approximate surface area is 85.5 Å². The second kappa shape index (κ2) is 3.89. The Kier molecular flexibility index (Phi) is 2.98. The fourth-order valence-corrected chi connectivity index (χ4v) is 2.11. The molecule has 1 rings (SSSR count). The zero-order valence-corrected chi connectivity index (χ0v) is 8.32. The third-order valence-electron chi connectivity index (χ3n) is 1.69. The Morgan fingerprint density at radius 1 is 1.27 bits per heavy atom. The van der Waals surface area contributed by atoms with Gasteiger partial charge in [-0.1, -0.05) is 0 Å². The van der Waals surface area contributed by atoms with Crippen LogP contribution in [0.3, 0.4) is 0 Å². The normalized spacial score (nSPS) is 17.2. The summed E-state index contributed by atoms with van der Waals surface area (Å²) in [6, 6.07) is 0. The molecule has 0 radical (unpaired) electrons. The molecule has 0 atom stereocenters. The number of carbonyl (C=O) groups is 2. The molecule has 0 aromatic carbocycles. The van der Waals surface area contributed by atoms with Gasteiger partial charge in [0.2, 0.25) is 10.0 Å². The number of hydrogen-bond acceptors (Lipinski definition) is 5. The van der Waals surface area contributed by atoms with Crippen molar-refractivity contribution < 1.29 is 28.2 Å². The predicted octanol–water partition coefficient (Wildman–Crippen LogP) is -0.879. The van der Waals surface area contributed by atoms with Crippen molar-refractivity contribution in [3.8, 4) is 0 Å². The van der Waals surface area contributed by atoms with Crippen molar-refractivity contribution >= 4 is 21.9 Å². The van der Waals surface area contributed by atoms with E-state index in [0.717, 1.165) is 0 Å². The topological polar surface area (TPSA) is 121 Å². The van der Waals surface area contributed by atoms with Gasteiger partial charge in [-0.25, -0.2) is 17.9 Å². The highest BCUT2D eigenvalue weighted by Crippen LogP contribution is 2.27. The number of amides is 1. The molecule has 15 heavy (non-hydrogen) atoms. The van der Waals surface area contributed by atoms with Crippen molar-refractivity contribution in [3.63, 3.8) is 0 Å². The summed E-state index contributed by atoms with van der Waals surface area (Å²) in [7, 11) is -3.76. The summed E-state index contributed by atoms with van der Waals surface area (Å²) in [5, 5.41) is 16.4. The van der Waals surface area contributed by atoms with E-state index in [0.29, 0.717) is 12.8 Å².